The molecule has 133 valence electrons. The molecule has 2 unspecified atom stereocenters. The maximum atomic E-state index is 12.5. The van der Waals surface area contributed by atoms with Crippen LogP contribution in [0.1, 0.15) is 38.2 Å². The van der Waals surface area contributed by atoms with Crippen LogP contribution in [0.3, 0.4) is 0 Å². The zero-order chi connectivity index (χ0) is 18.1. The molecular formula is C21H27FNOSi. The highest BCUT2D eigenvalue weighted by Crippen LogP contribution is 2.27. The molecule has 0 heterocycles. The van der Waals surface area contributed by atoms with Gasteiger partial charge in [-0.1, -0.05) is 67.9 Å². The Morgan fingerprint density at radius 2 is 1.76 bits per heavy atom. The van der Waals surface area contributed by atoms with Crippen LogP contribution in [0.4, 0.5) is 4.39 Å². The lowest BCUT2D eigenvalue weighted by Crippen LogP contribution is -2.46. The Morgan fingerprint density at radius 1 is 1.08 bits per heavy atom. The fraction of sp³-hybridized carbons (Fsp3) is 0.429. The number of benzene rings is 2. The summed E-state index contributed by atoms with van der Waals surface area (Å²) < 4.78 is 17.1. The molecule has 3 rings (SSSR count). The zero-order valence-electron chi connectivity index (χ0n) is 15.1. The van der Waals surface area contributed by atoms with Crippen molar-refractivity contribution < 1.29 is 8.92 Å². The third kappa shape index (κ3) is 5.77. The van der Waals surface area contributed by atoms with Crippen LogP contribution in [0.5, 0.6) is 0 Å². The van der Waals surface area contributed by atoms with E-state index in [1.807, 2.05) is 0 Å². The van der Waals surface area contributed by atoms with Gasteiger partial charge in [0.2, 0.25) is 0 Å². The first-order chi connectivity index (χ1) is 12.2. The average Bonchev–Trinajstić information content (AvgIpc) is 2.66. The van der Waals surface area contributed by atoms with Crippen molar-refractivity contribution in [2.75, 3.05) is 7.05 Å². The molecule has 25 heavy (non-hydrogen) atoms. The van der Waals surface area contributed by atoms with Crippen molar-refractivity contribution in [3.63, 3.8) is 0 Å². The molecule has 2 aromatic rings. The number of rotatable bonds is 6. The molecule has 3 radical (unpaired) electrons. The van der Waals surface area contributed by atoms with Crippen molar-refractivity contribution in [1.29, 1.82) is 0 Å². The summed E-state index contributed by atoms with van der Waals surface area (Å²) in [7, 11) is 4.53. The van der Waals surface area contributed by atoms with Gasteiger partial charge in [-0.15, -0.1) is 0 Å². The second-order valence-corrected chi connectivity index (χ2v) is 6.61. The molecule has 1 aliphatic rings. The second-order valence-electron chi connectivity index (χ2n) is 6.42. The van der Waals surface area contributed by atoms with E-state index in [0.717, 1.165) is 6.42 Å². The fourth-order valence-corrected chi connectivity index (χ4v) is 3.06. The lowest BCUT2D eigenvalue weighted by Gasteiger charge is -2.36. The number of aryl methyl sites for hydroxylation is 1. The largest absolute Gasteiger partial charge is 0.345 e. The van der Waals surface area contributed by atoms with Gasteiger partial charge in [0.25, 0.3) is 10.5 Å². The van der Waals surface area contributed by atoms with E-state index in [2.05, 4.69) is 76.5 Å². The molecular weight excluding hydrogens is 329 g/mol. The summed E-state index contributed by atoms with van der Waals surface area (Å²) in [5, 5.41) is 1.49. The Kier molecular flexibility index (Phi) is 8.32. The van der Waals surface area contributed by atoms with Crippen molar-refractivity contribution >= 4 is 10.5 Å². The third-order valence-corrected chi connectivity index (χ3v) is 4.96. The number of unbranched alkanes of at least 4 members (excludes halogenated alkanes) is 1. The number of alkyl halides is 1. The molecule has 1 saturated carbocycles. The van der Waals surface area contributed by atoms with E-state index in [1.165, 1.54) is 41.0 Å². The van der Waals surface area contributed by atoms with Gasteiger partial charge in [-0.3, -0.25) is 0 Å². The molecule has 2 nitrogen and oxygen atoms in total. The van der Waals surface area contributed by atoms with Gasteiger partial charge in [-0.05, 0) is 42.4 Å². The molecule has 2 atom stereocenters. The maximum Gasteiger partial charge on any atom is 0.281 e. The monoisotopic (exact) mass is 356 g/mol. The number of hydrogen-bond donors (Lipinski definition) is 0. The first-order valence-electron chi connectivity index (χ1n) is 9.01. The highest BCUT2D eigenvalue weighted by atomic mass is 28.2. The van der Waals surface area contributed by atoms with E-state index in [4.69, 9.17) is 0 Å². The van der Waals surface area contributed by atoms with E-state index < -0.39 is 6.17 Å². The van der Waals surface area contributed by atoms with Crippen molar-refractivity contribution in [1.82, 2.24) is 5.06 Å². The van der Waals surface area contributed by atoms with Crippen LogP contribution in [0.2, 0.25) is 0 Å². The molecule has 2 aromatic carbocycles. The van der Waals surface area contributed by atoms with Crippen LogP contribution in [-0.2, 0) is 10.9 Å². The predicted octanol–water partition coefficient (Wildman–Crippen LogP) is 5.13. The first-order valence-corrected chi connectivity index (χ1v) is 9.42. The molecule has 0 amide bonds. The Hall–Kier alpha value is -1.49. The summed E-state index contributed by atoms with van der Waals surface area (Å²) in [5.74, 6) is 0. The van der Waals surface area contributed by atoms with Gasteiger partial charge in [0, 0.05) is 7.05 Å². The molecule has 0 N–H and O–H groups in total. The molecule has 0 aromatic heterocycles. The van der Waals surface area contributed by atoms with Crippen molar-refractivity contribution in [2.24, 2.45) is 0 Å². The smallest absolute Gasteiger partial charge is 0.281 e. The number of hydroxylamine groups is 2. The van der Waals surface area contributed by atoms with Crippen LogP contribution in [0.15, 0.2) is 54.6 Å². The summed E-state index contributed by atoms with van der Waals surface area (Å²) in [5.41, 5.74) is 4.18. The topological polar surface area (TPSA) is 12.5 Å². The van der Waals surface area contributed by atoms with E-state index >= 15 is 0 Å². The SMILES string of the molecule is CCCCc1ccccc1-c1ccccc1.CN(O[Si])C1CCC1F. The second kappa shape index (κ2) is 10.5. The summed E-state index contributed by atoms with van der Waals surface area (Å²) in [6.07, 6.45) is 4.56. The molecule has 0 bridgehead atoms. The van der Waals surface area contributed by atoms with Crippen LogP contribution in [0.25, 0.3) is 11.1 Å². The van der Waals surface area contributed by atoms with E-state index in [1.54, 1.807) is 7.05 Å². The van der Waals surface area contributed by atoms with Gasteiger partial charge in [0.1, 0.15) is 6.17 Å². The summed E-state index contributed by atoms with van der Waals surface area (Å²) in [4.78, 5) is 0. The summed E-state index contributed by atoms with van der Waals surface area (Å²) in [6, 6.07) is 19.3. The number of halogens is 1. The number of nitrogens with zero attached hydrogens (tertiary/aromatic N) is 1. The quantitative estimate of drug-likeness (QED) is 0.525. The minimum Gasteiger partial charge on any atom is -0.345 e. The fourth-order valence-electron chi connectivity index (χ4n) is 2.92. The van der Waals surface area contributed by atoms with Gasteiger partial charge in [-0.25, -0.2) is 4.39 Å². The average molecular weight is 357 g/mol. The van der Waals surface area contributed by atoms with Crippen LogP contribution >= 0.6 is 0 Å². The normalized spacial score (nSPS) is 19.1. The minimum absolute atomic E-state index is 0.0394. The first kappa shape index (κ1) is 19.8. The Bertz CT molecular complexity index is 622. The van der Waals surface area contributed by atoms with Crippen molar-refractivity contribution in [3.05, 3.63) is 60.2 Å². The molecule has 4 heteroatoms. The Morgan fingerprint density at radius 3 is 2.28 bits per heavy atom. The highest BCUT2D eigenvalue weighted by molar-refractivity contribution is 5.97. The zero-order valence-corrected chi connectivity index (χ0v) is 16.1. The van der Waals surface area contributed by atoms with Gasteiger partial charge in [0.05, 0.1) is 6.04 Å². The van der Waals surface area contributed by atoms with E-state index in [-0.39, 0.29) is 6.04 Å². The minimum atomic E-state index is -0.702. The molecule has 0 aliphatic heterocycles. The third-order valence-electron chi connectivity index (χ3n) is 4.67. The predicted molar refractivity (Wildman–Crippen MR) is 103 cm³/mol. The summed E-state index contributed by atoms with van der Waals surface area (Å²) >= 11 is 0. The summed E-state index contributed by atoms with van der Waals surface area (Å²) in [6.45, 7) is 2.24. The van der Waals surface area contributed by atoms with Crippen LogP contribution < -0.4 is 0 Å². The standard InChI is InChI=1S/C16H18.C5H9FNOSi/c1-2-3-9-14-12-7-8-13-16(14)15-10-5-4-6-11-15;1-7(8-9)5-3-2-4(5)6/h4-8,10-13H,2-3,9H2,1H3;4-5H,2-3H2,1H3. The Balaban J connectivity index is 0.000000212. The molecule has 1 aliphatic carbocycles. The van der Waals surface area contributed by atoms with E-state index in [0.29, 0.717) is 6.42 Å². The van der Waals surface area contributed by atoms with Gasteiger partial charge in [-0.2, -0.15) is 5.06 Å². The lowest BCUT2D eigenvalue weighted by atomic mass is 9.91. The molecule has 0 spiro atoms. The molecule has 0 saturated heterocycles. The Labute approximate surface area is 154 Å². The van der Waals surface area contributed by atoms with Crippen LogP contribution in [-0.4, -0.2) is 34.8 Å². The van der Waals surface area contributed by atoms with E-state index in [9.17, 15) is 4.39 Å². The molecule has 1 fully saturated rings. The maximum absolute atomic E-state index is 12.5. The van der Waals surface area contributed by atoms with Crippen molar-refractivity contribution in [2.45, 2.75) is 51.2 Å². The highest BCUT2D eigenvalue weighted by Gasteiger charge is 2.33. The van der Waals surface area contributed by atoms with Crippen LogP contribution in [0, 0.1) is 0 Å². The van der Waals surface area contributed by atoms with Gasteiger partial charge >= 0.3 is 0 Å². The van der Waals surface area contributed by atoms with Gasteiger partial charge < -0.3 is 4.53 Å². The van der Waals surface area contributed by atoms with Gasteiger partial charge in [0.15, 0.2) is 0 Å². The number of hydrogen-bond acceptors (Lipinski definition) is 2. The van der Waals surface area contributed by atoms with Crippen molar-refractivity contribution in [3.8, 4) is 11.1 Å². The lowest BCUT2D eigenvalue weighted by molar-refractivity contribution is -0.120.